The van der Waals surface area contributed by atoms with Crippen LogP contribution in [0.5, 0.6) is 0 Å². The van der Waals surface area contributed by atoms with E-state index in [4.69, 9.17) is 4.74 Å². The van der Waals surface area contributed by atoms with Crippen molar-refractivity contribution in [2.45, 2.75) is 57.9 Å². The van der Waals surface area contributed by atoms with E-state index >= 15 is 0 Å². The smallest absolute Gasteiger partial charge is 0.0755 e. The Balaban J connectivity index is 2.37. The van der Waals surface area contributed by atoms with Crippen LogP contribution in [0.1, 0.15) is 33.6 Å². The number of nitrogens with one attached hydrogen (secondary N) is 1. The van der Waals surface area contributed by atoms with Crippen molar-refractivity contribution < 1.29 is 9.84 Å². The number of rotatable bonds is 4. The molecule has 0 bridgehead atoms. The first-order valence-corrected chi connectivity index (χ1v) is 5.16. The largest absolute Gasteiger partial charge is 0.395 e. The zero-order valence-corrected chi connectivity index (χ0v) is 8.79. The molecule has 0 aromatic rings. The van der Waals surface area contributed by atoms with Gasteiger partial charge in [0.15, 0.2) is 0 Å². The minimum Gasteiger partial charge on any atom is -0.395 e. The van der Waals surface area contributed by atoms with E-state index in [9.17, 15) is 5.11 Å². The Morgan fingerprint density at radius 3 is 2.54 bits per heavy atom. The summed E-state index contributed by atoms with van der Waals surface area (Å²) in [4.78, 5) is 0. The molecule has 1 fully saturated rings. The highest BCUT2D eigenvalue weighted by molar-refractivity contribution is 4.83. The maximum Gasteiger partial charge on any atom is 0.0755 e. The standard InChI is InChI=1S/C10H21NO2/c1-7(2)11-9(6-12)10-5-4-8(3)13-10/h7-12H,4-6H2,1-3H3. The highest BCUT2D eigenvalue weighted by atomic mass is 16.5. The van der Waals surface area contributed by atoms with Gasteiger partial charge in [-0.25, -0.2) is 0 Å². The normalized spacial score (nSPS) is 31.2. The van der Waals surface area contributed by atoms with Gasteiger partial charge in [-0.15, -0.1) is 0 Å². The minimum absolute atomic E-state index is 0.102. The van der Waals surface area contributed by atoms with Gasteiger partial charge in [0.25, 0.3) is 0 Å². The van der Waals surface area contributed by atoms with E-state index < -0.39 is 0 Å². The highest BCUT2D eigenvalue weighted by Gasteiger charge is 2.29. The second-order valence-electron chi connectivity index (χ2n) is 4.17. The van der Waals surface area contributed by atoms with Crippen molar-refractivity contribution in [2.75, 3.05) is 6.61 Å². The maximum atomic E-state index is 9.18. The van der Waals surface area contributed by atoms with Crippen LogP contribution in [0.25, 0.3) is 0 Å². The Bertz CT molecular complexity index is 150. The van der Waals surface area contributed by atoms with Crippen molar-refractivity contribution in [1.29, 1.82) is 0 Å². The molecule has 78 valence electrons. The van der Waals surface area contributed by atoms with Gasteiger partial charge >= 0.3 is 0 Å². The molecule has 1 saturated heterocycles. The zero-order valence-electron chi connectivity index (χ0n) is 8.79. The maximum absolute atomic E-state index is 9.18. The van der Waals surface area contributed by atoms with Gasteiger partial charge in [0, 0.05) is 6.04 Å². The summed E-state index contributed by atoms with van der Waals surface area (Å²) in [6.07, 6.45) is 2.72. The van der Waals surface area contributed by atoms with Crippen molar-refractivity contribution in [1.82, 2.24) is 5.32 Å². The molecule has 3 atom stereocenters. The lowest BCUT2D eigenvalue weighted by molar-refractivity contribution is 0.0153. The Kier molecular flexibility index (Phi) is 4.16. The van der Waals surface area contributed by atoms with Crippen molar-refractivity contribution in [3.63, 3.8) is 0 Å². The second-order valence-corrected chi connectivity index (χ2v) is 4.17. The summed E-state index contributed by atoms with van der Waals surface area (Å²) in [6, 6.07) is 0.501. The van der Waals surface area contributed by atoms with E-state index in [0.29, 0.717) is 12.1 Å². The van der Waals surface area contributed by atoms with Crippen molar-refractivity contribution in [3.8, 4) is 0 Å². The molecule has 0 saturated carbocycles. The molecule has 0 amide bonds. The lowest BCUT2D eigenvalue weighted by Crippen LogP contribution is -2.45. The monoisotopic (exact) mass is 187 g/mol. The first-order chi connectivity index (χ1) is 6.13. The fraction of sp³-hybridized carbons (Fsp3) is 1.00. The van der Waals surface area contributed by atoms with E-state index in [1.165, 1.54) is 0 Å². The summed E-state index contributed by atoms with van der Waals surface area (Å²) < 4.78 is 5.69. The molecule has 1 aliphatic heterocycles. The summed E-state index contributed by atoms with van der Waals surface area (Å²) >= 11 is 0. The Labute approximate surface area is 80.5 Å². The molecule has 2 N–H and O–H groups in total. The van der Waals surface area contributed by atoms with E-state index in [2.05, 4.69) is 26.1 Å². The molecule has 0 aromatic carbocycles. The average molecular weight is 187 g/mol. The molecule has 1 aliphatic rings. The SMILES string of the molecule is CC(C)NC(CO)C1CCC(C)O1. The molecule has 0 radical (unpaired) electrons. The van der Waals surface area contributed by atoms with Crippen LogP contribution in [-0.4, -0.2) is 36.0 Å². The molecule has 1 heterocycles. The summed E-state index contributed by atoms with van der Waals surface area (Å²) in [5.74, 6) is 0. The van der Waals surface area contributed by atoms with Crippen LogP contribution in [0, 0.1) is 0 Å². The zero-order chi connectivity index (χ0) is 9.84. The van der Waals surface area contributed by atoms with E-state index in [1.807, 2.05) is 0 Å². The topological polar surface area (TPSA) is 41.5 Å². The molecule has 0 aliphatic carbocycles. The lowest BCUT2D eigenvalue weighted by Gasteiger charge is -2.24. The molecular weight excluding hydrogens is 166 g/mol. The third-order valence-electron chi connectivity index (χ3n) is 2.46. The molecule has 0 aromatic heterocycles. The minimum atomic E-state index is 0.102. The molecular formula is C10H21NO2. The molecule has 3 heteroatoms. The summed E-state index contributed by atoms with van der Waals surface area (Å²) in [6.45, 7) is 6.42. The molecule has 13 heavy (non-hydrogen) atoms. The molecule has 3 unspecified atom stereocenters. The van der Waals surface area contributed by atoms with Crippen LogP contribution in [0.2, 0.25) is 0 Å². The van der Waals surface area contributed by atoms with Crippen LogP contribution in [0.3, 0.4) is 0 Å². The first kappa shape index (κ1) is 11.0. The van der Waals surface area contributed by atoms with E-state index in [1.54, 1.807) is 0 Å². The number of hydrogen-bond acceptors (Lipinski definition) is 3. The van der Waals surface area contributed by atoms with Gasteiger partial charge in [0.2, 0.25) is 0 Å². The molecule has 0 spiro atoms. The van der Waals surface area contributed by atoms with Gasteiger partial charge in [0.05, 0.1) is 24.9 Å². The molecule has 3 nitrogen and oxygen atoms in total. The fourth-order valence-electron chi connectivity index (χ4n) is 1.84. The number of aliphatic hydroxyl groups excluding tert-OH is 1. The van der Waals surface area contributed by atoms with Gasteiger partial charge in [-0.2, -0.15) is 0 Å². The van der Waals surface area contributed by atoms with E-state index in [-0.39, 0.29) is 18.8 Å². The van der Waals surface area contributed by atoms with Gasteiger partial charge in [-0.1, -0.05) is 13.8 Å². The predicted octanol–water partition coefficient (Wildman–Crippen LogP) is 0.913. The summed E-state index contributed by atoms with van der Waals surface area (Å²) in [7, 11) is 0. The predicted molar refractivity (Wildman–Crippen MR) is 52.7 cm³/mol. The van der Waals surface area contributed by atoms with Crippen LogP contribution in [0.4, 0.5) is 0 Å². The van der Waals surface area contributed by atoms with Crippen LogP contribution < -0.4 is 5.32 Å². The Morgan fingerprint density at radius 1 is 1.46 bits per heavy atom. The van der Waals surface area contributed by atoms with Crippen LogP contribution in [-0.2, 0) is 4.74 Å². The third-order valence-corrected chi connectivity index (χ3v) is 2.46. The third kappa shape index (κ3) is 3.25. The van der Waals surface area contributed by atoms with Crippen molar-refractivity contribution >= 4 is 0 Å². The van der Waals surface area contributed by atoms with Crippen LogP contribution in [0.15, 0.2) is 0 Å². The summed E-state index contributed by atoms with van der Waals surface area (Å²) in [5, 5.41) is 12.5. The van der Waals surface area contributed by atoms with Crippen molar-refractivity contribution in [3.05, 3.63) is 0 Å². The van der Waals surface area contributed by atoms with Gasteiger partial charge in [0.1, 0.15) is 0 Å². The average Bonchev–Trinajstić information content (AvgIpc) is 2.47. The van der Waals surface area contributed by atoms with Crippen LogP contribution >= 0.6 is 0 Å². The Hall–Kier alpha value is -0.120. The number of aliphatic hydroxyl groups is 1. The van der Waals surface area contributed by atoms with E-state index in [0.717, 1.165) is 12.8 Å². The molecule has 1 rings (SSSR count). The number of hydrogen-bond donors (Lipinski definition) is 2. The lowest BCUT2D eigenvalue weighted by atomic mass is 10.1. The second kappa shape index (κ2) is 4.94. The fourth-order valence-corrected chi connectivity index (χ4v) is 1.84. The first-order valence-electron chi connectivity index (χ1n) is 5.16. The number of ether oxygens (including phenoxy) is 1. The summed E-state index contributed by atoms with van der Waals surface area (Å²) in [5.41, 5.74) is 0. The van der Waals surface area contributed by atoms with Gasteiger partial charge in [-0.05, 0) is 19.8 Å². The van der Waals surface area contributed by atoms with Gasteiger partial charge < -0.3 is 15.2 Å². The quantitative estimate of drug-likeness (QED) is 0.687. The Morgan fingerprint density at radius 2 is 2.15 bits per heavy atom. The van der Waals surface area contributed by atoms with Gasteiger partial charge in [-0.3, -0.25) is 0 Å². The highest BCUT2D eigenvalue weighted by Crippen LogP contribution is 2.21. The van der Waals surface area contributed by atoms with Crippen molar-refractivity contribution in [2.24, 2.45) is 0 Å².